The first-order valence-corrected chi connectivity index (χ1v) is 7.27. The SMILES string of the molecule is CC(C)N(Cc1ccccc1)c1cccc(F)c1[C@H](C)O. The summed E-state index contributed by atoms with van der Waals surface area (Å²) in [5, 5.41) is 9.92. The van der Waals surface area contributed by atoms with Crippen molar-refractivity contribution in [1.29, 1.82) is 0 Å². The molecule has 0 fully saturated rings. The highest BCUT2D eigenvalue weighted by atomic mass is 19.1. The molecule has 2 nitrogen and oxygen atoms in total. The lowest BCUT2D eigenvalue weighted by atomic mass is 10.0. The van der Waals surface area contributed by atoms with Gasteiger partial charge >= 0.3 is 0 Å². The van der Waals surface area contributed by atoms with Crippen LogP contribution in [0, 0.1) is 5.82 Å². The van der Waals surface area contributed by atoms with E-state index in [0.717, 1.165) is 11.3 Å². The maximum absolute atomic E-state index is 14.1. The van der Waals surface area contributed by atoms with Crippen molar-refractivity contribution in [3.8, 4) is 0 Å². The molecule has 0 radical (unpaired) electrons. The van der Waals surface area contributed by atoms with Crippen molar-refractivity contribution in [3.63, 3.8) is 0 Å². The third kappa shape index (κ3) is 3.61. The highest BCUT2D eigenvalue weighted by Gasteiger charge is 2.20. The molecule has 0 aromatic heterocycles. The number of benzene rings is 2. The number of aliphatic hydroxyl groups is 1. The van der Waals surface area contributed by atoms with Gasteiger partial charge in [0.05, 0.1) is 6.10 Å². The van der Waals surface area contributed by atoms with E-state index in [2.05, 4.69) is 30.9 Å². The van der Waals surface area contributed by atoms with Crippen LogP contribution in [0.15, 0.2) is 48.5 Å². The molecule has 2 rings (SSSR count). The minimum Gasteiger partial charge on any atom is -0.389 e. The van der Waals surface area contributed by atoms with E-state index in [1.807, 2.05) is 24.3 Å². The van der Waals surface area contributed by atoms with E-state index in [-0.39, 0.29) is 11.9 Å². The Kier molecular flexibility index (Phi) is 4.97. The van der Waals surface area contributed by atoms with Gasteiger partial charge in [0.15, 0.2) is 0 Å². The van der Waals surface area contributed by atoms with Gasteiger partial charge in [0, 0.05) is 23.8 Å². The van der Waals surface area contributed by atoms with E-state index >= 15 is 0 Å². The van der Waals surface area contributed by atoms with Crippen LogP contribution in [0.3, 0.4) is 0 Å². The van der Waals surface area contributed by atoms with Crippen LogP contribution in [-0.4, -0.2) is 11.1 Å². The van der Waals surface area contributed by atoms with Crippen LogP contribution in [-0.2, 0) is 6.54 Å². The molecule has 0 saturated carbocycles. The molecule has 0 aliphatic heterocycles. The average molecular weight is 287 g/mol. The summed E-state index contributed by atoms with van der Waals surface area (Å²) in [6.45, 7) is 6.42. The van der Waals surface area contributed by atoms with Gasteiger partial charge < -0.3 is 10.0 Å². The minimum absolute atomic E-state index is 0.199. The molecule has 0 aliphatic carbocycles. The highest BCUT2D eigenvalue weighted by Crippen LogP contribution is 2.31. The summed E-state index contributed by atoms with van der Waals surface area (Å²) in [5.41, 5.74) is 2.28. The van der Waals surface area contributed by atoms with E-state index in [1.54, 1.807) is 13.0 Å². The van der Waals surface area contributed by atoms with Gasteiger partial charge in [0.25, 0.3) is 0 Å². The second kappa shape index (κ2) is 6.72. The molecule has 0 saturated heterocycles. The van der Waals surface area contributed by atoms with Crippen molar-refractivity contribution in [2.24, 2.45) is 0 Å². The molecule has 0 unspecified atom stereocenters. The molecule has 2 aromatic carbocycles. The van der Waals surface area contributed by atoms with E-state index < -0.39 is 6.10 Å². The Bertz CT molecular complexity index is 581. The van der Waals surface area contributed by atoms with E-state index in [0.29, 0.717) is 12.1 Å². The number of anilines is 1. The molecule has 0 spiro atoms. The Hall–Kier alpha value is -1.87. The van der Waals surface area contributed by atoms with E-state index in [9.17, 15) is 9.50 Å². The topological polar surface area (TPSA) is 23.5 Å². The standard InChI is InChI=1S/C18H22FNO/c1-13(2)20(12-15-8-5-4-6-9-15)17-11-7-10-16(19)18(17)14(3)21/h4-11,13-14,21H,12H2,1-3H3/t14-/m0/s1. The van der Waals surface area contributed by atoms with E-state index in [4.69, 9.17) is 0 Å². The number of nitrogens with zero attached hydrogens (tertiary/aromatic N) is 1. The summed E-state index contributed by atoms with van der Waals surface area (Å²) in [7, 11) is 0. The van der Waals surface area contributed by atoms with Crippen LogP contribution in [0.5, 0.6) is 0 Å². The Morgan fingerprint density at radius 2 is 1.67 bits per heavy atom. The molecule has 0 amide bonds. The summed E-state index contributed by atoms with van der Waals surface area (Å²) < 4.78 is 14.1. The molecule has 1 N–H and O–H groups in total. The van der Waals surface area contributed by atoms with Crippen molar-refractivity contribution in [2.45, 2.75) is 39.5 Å². The van der Waals surface area contributed by atoms with Crippen LogP contribution in [0.1, 0.15) is 38.0 Å². The van der Waals surface area contributed by atoms with Crippen molar-refractivity contribution < 1.29 is 9.50 Å². The Labute approximate surface area is 125 Å². The summed E-state index contributed by atoms with van der Waals surface area (Å²) in [6, 6.07) is 15.2. The molecule has 112 valence electrons. The predicted molar refractivity (Wildman–Crippen MR) is 84.8 cm³/mol. The molecule has 0 bridgehead atoms. The minimum atomic E-state index is -0.835. The number of hydrogen-bond donors (Lipinski definition) is 1. The summed E-state index contributed by atoms with van der Waals surface area (Å²) >= 11 is 0. The van der Waals surface area contributed by atoms with Crippen LogP contribution < -0.4 is 4.90 Å². The second-order valence-electron chi connectivity index (χ2n) is 5.56. The number of hydrogen-bond acceptors (Lipinski definition) is 2. The number of aliphatic hydroxyl groups excluding tert-OH is 1. The lowest BCUT2D eigenvalue weighted by Gasteiger charge is -2.32. The molecule has 3 heteroatoms. The maximum atomic E-state index is 14.1. The quantitative estimate of drug-likeness (QED) is 0.886. The maximum Gasteiger partial charge on any atom is 0.131 e. The van der Waals surface area contributed by atoms with Crippen LogP contribution in [0.25, 0.3) is 0 Å². The molecule has 2 aromatic rings. The average Bonchev–Trinajstić information content (AvgIpc) is 2.45. The third-order valence-electron chi connectivity index (χ3n) is 3.58. The smallest absolute Gasteiger partial charge is 0.131 e. The van der Waals surface area contributed by atoms with Gasteiger partial charge in [-0.05, 0) is 38.5 Å². The first kappa shape index (κ1) is 15.5. The van der Waals surface area contributed by atoms with Crippen LogP contribution in [0.4, 0.5) is 10.1 Å². The fraction of sp³-hybridized carbons (Fsp3) is 0.333. The molecule has 21 heavy (non-hydrogen) atoms. The Morgan fingerprint density at radius 1 is 1.00 bits per heavy atom. The number of rotatable bonds is 5. The Balaban J connectivity index is 2.42. The molecule has 0 aliphatic rings. The predicted octanol–water partition coefficient (Wildman–Crippen LogP) is 4.29. The van der Waals surface area contributed by atoms with Crippen molar-refractivity contribution in [2.75, 3.05) is 4.90 Å². The monoisotopic (exact) mass is 287 g/mol. The van der Waals surface area contributed by atoms with E-state index in [1.165, 1.54) is 6.07 Å². The van der Waals surface area contributed by atoms with Crippen molar-refractivity contribution >= 4 is 5.69 Å². The normalized spacial score (nSPS) is 12.5. The first-order valence-electron chi connectivity index (χ1n) is 7.27. The van der Waals surface area contributed by atoms with Gasteiger partial charge in [-0.3, -0.25) is 0 Å². The van der Waals surface area contributed by atoms with Crippen LogP contribution >= 0.6 is 0 Å². The highest BCUT2D eigenvalue weighted by molar-refractivity contribution is 5.56. The van der Waals surface area contributed by atoms with Crippen molar-refractivity contribution in [3.05, 3.63) is 65.5 Å². The van der Waals surface area contributed by atoms with Crippen molar-refractivity contribution in [1.82, 2.24) is 0 Å². The zero-order valence-electron chi connectivity index (χ0n) is 12.8. The third-order valence-corrected chi connectivity index (χ3v) is 3.58. The lowest BCUT2D eigenvalue weighted by Crippen LogP contribution is -2.31. The largest absolute Gasteiger partial charge is 0.389 e. The first-order chi connectivity index (χ1) is 10.0. The van der Waals surface area contributed by atoms with Gasteiger partial charge in [0.2, 0.25) is 0 Å². The van der Waals surface area contributed by atoms with Gasteiger partial charge in [-0.1, -0.05) is 36.4 Å². The van der Waals surface area contributed by atoms with Gasteiger partial charge in [-0.2, -0.15) is 0 Å². The molecule has 1 atom stereocenters. The van der Waals surface area contributed by atoms with Gasteiger partial charge in [-0.25, -0.2) is 4.39 Å². The fourth-order valence-electron chi connectivity index (χ4n) is 2.52. The Morgan fingerprint density at radius 3 is 2.24 bits per heavy atom. The molecular weight excluding hydrogens is 265 g/mol. The zero-order chi connectivity index (χ0) is 15.4. The summed E-state index contributed by atoms with van der Waals surface area (Å²) in [4.78, 5) is 2.11. The summed E-state index contributed by atoms with van der Waals surface area (Å²) in [5.74, 6) is -0.360. The second-order valence-corrected chi connectivity index (χ2v) is 5.56. The van der Waals surface area contributed by atoms with Crippen LogP contribution in [0.2, 0.25) is 0 Å². The fourth-order valence-corrected chi connectivity index (χ4v) is 2.52. The molecule has 0 heterocycles. The molecular formula is C18H22FNO. The zero-order valence-corrected chi connectivity index (χ0v) is 12.8. The summed E-state index contributed by atoms with van der Waals surface area (Å²) in [6.07, 6.45) is -0.835. The van der Waals surface area contributed by atoms with Gasteiger partial charge in [0.1, 0.15) is 5.82 Å². The lowest BCUT2D eigenvalue weighted by molar-refractivity contribution is 0.194. The number of halogens is 1. The van der Waals surface area contributed by atoms with Gasteiger partial charge in [-0.15, -0.1) is 0 Å².